The van der Waals surface area contributed by atoms with Crippen LogP contribution in [0.1, 0.15) is 19.8 Å². The van der Waals surface area contributed by atoms with E-state index in [1.807, 2.05) is 7.05 Å². The highest BCUT2D eigenvalue weighted by Gasteiger charge is 2.19. The molecule has 0 spiro atoms. The van der Waals surface area contributed by atoms with Gasteiger partial charge in [-0.05, 0) is 47.0 Å². The molecule has 1 rings (SSSR count). The van der Waals surface area contributed by atoms with Gasteiger partial charge in [-0.1, -0.05) is 0 Å². The Kier molecular flexibility index (Phi) is 5.45. The van der Waals surface area contributed by atoms with Gasteiger partial charge in [0, 0.05) is 25.7 Å². The molecule has 1 atom stereocenters. The highest BCUT2D eigenvalue weighted by atomic mass is 15.3. The van der Waals surface area contributed by atoms with Gasteiger partial charge in [0.2, 0.25) is 0 Å². The van der Waals surface area contributed by atoms with Gasteiger partial charge < -0.3 is 15.1 Å². The lowest BCUT2D eigenvalue weighted by atomic mass is 10.2. The molecule has 0 amide bonds. The molecular weight excluding hydrogens is 174 g/mol. The summed E-state index contributed by atoms with van der Waals surface area (Å²) in [6, 6.07) is 0.730. The summed E-state index contributed by atoms with van der Waals surface area (Å²) in [5.74, 6) is 0. The van der Waals surface area contributed by atoms with Crippen LogP contribution in [0.15, 0.2) is 0 Å². The van der Waals surface area contributed by atoms with Gasteiger partial charge in [0.15, 0.2) is 0 Å². The Bertz CT molecular complexity index is 149. The maximum Gasteiger partial charge on any atom is 0.0192 e. The fourth-order valence-electron chi connectivity index (χ4n) is 1.96. The zero-order chi connectivity index (χ0) is 10.4. The van der Waals surface area contributed by atoms with Crippen LogP contribution in [0.2, 0.25) is 0 Å². The maximum atomic E-state index is 3.19. The quantitative estimate of drug-likeness (QED) is 0.655. The fourth-order valence-corrected chi connectivity index (χ4v) is 1.96. The van der Waals surface area contributed by atoms with Gasteiger partial charge in [-0.3, -0.25) is 0 Å². The van der Waals surface area contributed by atoms with E-state index < -0.39 is 0 Å². The van der Waals surface area contributed by atoms with Crippen LogP contribution in [-0.2, 0) is 0 Å². The first kappa shape index (κ1) is 12.0. The molecule has 1 unspecified atom stereocenters. The number of nitrogens with zero attached hydrogens (tertiary/aromatic N) is 2. The van der Waals surface area contributed by atoms with Crippen molar-refractivity contribution < 1.29 is 0 Å². The van der Waals surface area contributed by atoms with E-state index >= 15 is 0 Å². The van der Waals surface area contributed by atoms with Crippen LogP contribution in [0.3, 0.4) is 0 Å². The van der Waals surface area contributed by atoms with Gasteiger partial charge >= 0.3 is 0 Å². The fraction of sp³-hybridized carbons (Fsp3) is 1.00. The first-order valence-corrected chi connectivity index (χ1v) is 5.81. The smallest absolute Gasteiger partial charge is 0.0192 e. The van der Waals surface area contributed by atoms with Crippen LogP contribution in [0.5, 0.6) is 0 Å². The van der Waals surface area contributed by atoms with Gasteiger partial charge in [0.25, 0.3) is 0 Å². The molecule has 1 aliphatic heterocycles. The Hall–Kier alpha value is -0.120. The minimum atomic E-state index is 0.730. The van der Waals surface area contributed by atoms with E-state index in [0.29, 0.717) is 0 Å². The average molecular weight is 199 g/mol. The topological polar surface area (TPSA) is 18.5 Å². The van der Waals surface area contributed by atoms with Gasteiger partial charge in [0.1, 0.15) is 0 Å². The lowest BCUT2D eigenvalue weighted by molar-refractivity contribution is 0.104. The number of hydrogen-bond donors (Lipinski definition) is 1. The number of hydrogen-bond acceptors (Lipinski definition) is 3. The largest absolute Gasteiger partial charge is 0.320 e. The Labute approximate surface area is 88.5 Å². The van der Waals surface area contributed by atoms with Crippen molar-refractivity contribution in [2.24, 2.45) is 0 Å². The molecule has 0 aromatic carbocycles. The zero-order valence-electron chi connectivity index (χ0n) is 9.92. The Morgan fingerprint density at radius 3 is 2.71 bits per heavy atom. The third-order valence-electron chi connectivity index (χ3n) is 3.19. The lowest BCUT2D eigenvalue weighted by Crippen LogP contribution is -2.50. The zero-order valence-corrected chi connectivity index (χ0v) is 9.92. The Morgan fingerprint density at radius 1 is 1.29 bits per heavy atom. The molecule has 0 aliphatic carbocycles. The minimum Gasteiger partial charge on any atom is -0.320 e. The van der Waals surface area contributed by atoms with E-state index in [1.54, 1.807) is 0 Å². The first-order chi connectivity index (χ1) is 6.74. The molecule has 1 fully saturated rings. The summed E-state index contributed by atoms with van der Waals surface area (Å²) in [5, 5.41) is 3.19. The summed E-state index contributed by atoms with van der Waals surface area (Å²) >= 11 is 0. The van der Waals surface area contributed by atoms with Gasteiger partial charge in [0.05, 0.1) is 0 Å². The standard InChI is InChI=1S/C11H25N3/c1-11-10-14(9-8-13(11)3)7-5-4-6-12-2/h11-12H,4-10H2,1-3H3. The van der Waals surface area contributed by atoms with E-state index in [4.69, 9.17) is 0 Å². The molecular formula is C11H25N3. The number of nitrogens with one attached hydrogen (secondary N) is 1. The molecule has 0 aromatic rings. The number of rotatable bonds is 5. The lowest BCUT2D eigenvalue weighted by Gasteiger charge is -2.37. The summed E-state index contributed by atoms with van der Waals surface area (Å²) in [6.07, 6.45) is 2.63. The molecule has 1 aliphatic rings. The summed E-state index contributed by atoms with van der Waals surface area (Å²) in [6.45, 7) is 8.48. The molecule has 0 aromatic heterocycles. The van der Waals surface area contributed by atoms with Crippen LogP contribution in [0.4, 0.5) is 0 Å². The van der Waals surface area contributed by atoms with Crippen molar-refractivity contribution in [1.82, 2.24) is 15.1 Å². The second-order valence-corrected chi connectivity index (χ2v) is 4.44. The highest BCUT2D eigenvalue weighted by molar-refractivity contribution is 4.76. The Balaban J connectivity index is 2.07. The maximum absolute atomic E-state index is 3.19. The molecule has 1 saturated heterocycles. The van der Waals surface area contributed by atoms with Crippen molar-refractivity contribution in [3.8, 4) is 0 Å². The van der Waals surface area contributed by atoms with Crippen molar-refractivity contribution in [2.45, 2.75) is 25.8 Å². The second kappa shape index (κ2) is 6.38. The summed E-state index contributed by atoms with van der Waals surface area (Å²) in [4.78, 5) is 5.05. The van der Waals surface area contributed by atoms with E-state index in [2.05, 4.69) is 29.1 Å². The van der Waals surface area contributed by atoms with Crippen molar-refractivity contribution >= 4 is 0 Å². The van der Waals surface area contributed by atoms with E-state index in [9.17, 15) is 0 Å². The van der Waals surface area contributed by atoms with E-state index in [1.165, 1.54) is 39.0 Å². The molecule has 3 nitrogen and oxygen atoms in total. The van der Waals surface area contributed by atoms with Crippen molar-refractivity contribution in [3.05, 3.63) is 0 Å². The predicted octanol–water partition coefficient (Wildman–Crippen LogP) is 0.622. The van der Waals surface area contributed by atoms with Gasteiger partial charge in [-0.25, -0.2) is 0 Å². The average Bonchev–Trinajstić information content (AvgIpc) is 2.18. The monoisotopic (exact) mass is 199 g/mol. The summed E-state index contributed by atoms with van der Waals surface area (Å²) < 4.78 is 0. The second-order valence-electron chi connectivity index (χ2n) is 4.44. The third kappa shape index (κ3) is 3.95. The molecule has 1 heterocycles. The van der Waals surface area contributed by atoms with Crippen LogP contribution in [-0.4, -0.2) is 62.7 Å². The van der Waals surface area contributed by atoms with Gasteiger partial charge in [-0.15, -0.1) is 0 Å². The van der Waals surface area contributed by atoms with Crippen LogP contribution in [0.25, 0.3) is 0 Å². The van der Waals surface area contributed by atoms with Crippen LogP contribution in [0, 0.1) is 0 Å². The first-order valence-electron chi connectivity index (χ1n) is 5.81. The third-order valence-corrected chi connectivity index (χ3v) is 3.19. The summed E-state index contributed by atoms with van der Waals surface area (Å²) in [5.41, 5.74) is 0. The molecule has 1 N–H and O–H groups in total. The molecule has 14 heavy (non-hydrogen) atoms. The molecule has 84 valence electrons. The van der Waals surface area contributed by atoms with E-state index in [0.717, 1.165) is 12.6 Å². The number of unbranched alkanes of at least 4 members (excludes halogenated alkanes) is 1. The van der Waals surface area contributed by atoms with Crippen molar-refractivity contribution in [2.75, 3.05) is 46.8 Å². The summed E-state index contributed by atoms with van der Waals surface area (Å²) in [7, 11) is 4.25. The minimum absolute atomic E-state index is 0.730. The van der Waals surface area contributed by atoms with Crippen molar-refractivity contribution in [1.29, 1.82) is 0 Å². The van der Waals surface area contributed by atoms with Gasteiger partial charge in [-0.2, -0.15) is 0 Å². The van der Waals surface area contributed by atoms with Crippen LogP contribution >= 0.6 is 0 Å². The number of likely N-dealkylation sites (N-methyl/N-ethyl adjacent to an activating group) is 1. The highest BCUT2D eigenvalue weighted by Crippen LogP contribution is 2.07. The normalized spacial score (nSPS) is 25.5. The molecule has 0 radical (unpaired) electrons. The van der Waals surface area contributed by atoms with Crippen LogP contribution < -0.4 is 5.32 Å². The number of piperazine rings is 1. The van der Waals surface area contributed by atoms with E-state index in [-0.39, 0.29) is 0 Å². The Morgan fingerprint density at radius 2 is 2.07 bits per heavy atom. The molecule has 3 heteroatoms. The predicted molar refractivity (Wildman–Crippen MR) is 61.7 cm³/mol. The SMILES string of the molecule is CNCCCCN1CCN(C)C(C)C1. The molecule has 0 bridgehead atoms. The molecule has 0 saturated carbocycles. The van der Waals surface area contributed by atoms with Crippen molar-refractivity contribution in [3.63, 3.8) is 0 Å².